The number of carboxylic acids is 1. The number of carbonyl (C=O) groups is 1. The summed E-state index contributed by atoms with van der Waals surface area (Å²) in [5, 5.41) is 8.92. The van der Waals surface area contributed by atoms with Crippen LogP contribution in [0.15, 0.2) is 38.9 Å². The van der Waals surface area contributed by atoms with E-state index in [1.807, 2.05) is 0 Å². The van der Waals surface area contributed by atoms with Crippen LogP contribution in [0.1, 0.15) is 10.4 Å². The van der Waals surface area contributed by atoms with Crippen LogP contribution in [-0.4, -0.2) is 27.7 Å². The third kappa shape index (κ3) is 2.32. The van der Waals surface area contributed by atoms with Crippen molar-refractivity contribution in [3.8, 4) is 11.4 Å². The van der Waals surface area contributed by atoms with E-state index in [0.717, 1.165) is 6.20 Å². The van der Waals surface area contributed by atoms with Crippen LogP contribution in [0.2, 0.25) is 0 Å². The Kier molecular flexibility index (Phi) is 3.66. The molecule has 2 N–H and O–H groups in total. The molecular formula is C12H10N2O5S. The molecule has 8 heteroatoms. The maximum Gasteiger partial charge on any atom is 0.342 e. The van der Waals surface area contributed by atoms with Crippen LogP contribution in [0.25, 0.3) is 5.69 Å². The molecule has 0 bridgehead atoms. The van der Waals surface area contributed by atoms with E-state index in [1.165, 1.54) is 19.2 Å². The zero-order valence-corrected chi connectivity index (χ0v) is 11.2. The summed E-state index contributed by atoms with van der Waals surface area (Å²) >= 11 is 4.16. The van der Waals surface area contributed by atoms with Gasteiger partial charge in [0.2, 0.25) is 0 Å². The fourth-order valence-corrected chi connectivity index (χ4v) is 1.89. The average Bonchev–Trinajstić information content (AvgIpc) is 2.40. The maximum absolute atomic E-state index is 12.1. The number of carboxylic acid groups (broad SMARTS) is 1. The van der Waals surface area contributed by atoms with Gasteiger partial charge in [0.1, 0.15) is 11.3 Å². The molecule has 2 rings (SSSR count). The zero-order valence-electron chi connectivity index (χ0n) is 10.3. The van der Waals surface area contributed by atoms with Crippen LogP contribution in [0.3, 0.4) is 0 Å². The predicted molar refractivity (Wildman–Crippen MR) is 73.4 cm³/mol. The molecule has 0 aliphatic heterocycles. The van der Waals surface area contributed by atoms with Crippen molar-refractivity contribution in [1.29, 1.82) is 0 Å². The van der Waals surface area contributed by atoms with Crippen molar-refractivity contribution < 1.29 is 14.6 Å². The largest absolute Gasteiger partial charge is 0.497 e. The Morgan fingerprint density at radius 3 is 2.70 bits per heavy atom. The van der Waals surface area contributed by atoms with Crippen molar-refractivity contribution in [2.75, 3.05) is 7.11 Å². The average molecular weight is 294 g/mol. The quantitative estimate of drug-likeness (QED) is 0.716. The molecule has 0 atom stereocenters. The first kappa shape index (κ1) is 13.9. The minimum atomic E-state index is -1.43. The third-order valence-corrected chi connectivity index (χ3v) is 3.01. The Labute approximate surface area is 117 Å². The summed E-state index contributed by atoms with van der Waals surface area (Å²) in [6.45, 7) is 0. The Balaban J connectivity index is 2.82. The van der Waals surface area contributed by atoms with Crippen LogP contribution in [0.4, 0.5) is 0 Å². The molecule has 2 aromatic rings. The van der Waals surface area contributed by atoms with Gasteiger partial charge < -0.3 is 14.8 Å². The van der Waals surface area contributed by atoms with Gasteiger partial charge in [0.05, 0.1) is 12.8 Å². The molecule has 104 valence electrons. The number of methoxy groups -OCH3 is 1. The van der Waals surface area contributed by atoms with Gasteiger partial charge in [-0.1, -0.05) is 0 Å². The number of aromatic carboxylic acids is 1. The van der Waals surface area contributed by atoms with Crippen molar-refractivity contribution in [3.05, 3.63) is 50.8 Å². The van der Waals surface area contributed by atoms with Crippen molar-refractivity contribution in [1.82, 2.24) is 9.55 Å². The highest BCUT2D eigenvalue weighted by molar-refractivity contribution is 7.80. The lowest BCUT2D eigenvalue weighted by molar-refractivity contribution is 0.0694. The van der Waals surface area contributed by atoms with Crippen LogP contribution >= 0.6 is 12.6 Å². The van der Waals surface area contributed by atoms with Gasteiger partial charge in [-0.15, -0.1) is 12.6 Å². The molecule has 0 saturated carbocycles. The summed E-state index contributed by atoms with van der Waals surface area (Å²) in [5.41, 5.74) is -2.10. The van der Waals surface area contributed by atoms with E-state index in [-0.39, 0.29) is 5.69 Å². The van der Waals surface area contributed by atoms with E-state index in [4.69, 9.17) is 9.84 Å². The second-order valence-electron chi connectivity index (χ2n) is 3.81. The second-order valence-corrected chi connectivity index (χ2v) is 4.29. The first-order valence-electron chi connectivity index (χ1n) is 5.41. The van der Waals surface area contributed by atoms with E-state index >= 15 is 0 Å². The van der Waals surface area contributed by atoms with Crippen LogP contribution in [0, 0.1) is 0 Å². The van der Waals surface area contributed by atoms with E-state index in [9.17, 15) is 14.4 Å². The highest BCUT2D eigenvalue weighted by Crippen LogP contribution is 2.22. The number of hydrogen-bond acceptors (Lipinski definition) is 5. The number of rotatable bonds is 3. The van der Waals surface area contributed by atoms with Gasteiger partial charge in [-0.3, -0.25) is 4.79 Å². The molecule has 20 heavy (non-hydrogen) atoms. The fourth-order valence-electron chi connectivity index (χ4n) is 1.65. The Morgan fingerprint density at radius 2 is 2.10 bits per heavy atom. The summed E-state index contributed by atoms with van der Waals surface area (Å²) in [4.78, 5) is 37.4. The molecule has 0 amide bonds. The van der Waals surface area contributed by atoms with Crippen molar-refractivity contribution >= 4 is 18.6 Å². The third-order valence-electron chi connectivity index (χ3n) is 2.63. The van der Waals surface area contributed by atoms with Crippen molar-refractivity contribution in [3.63, 3.8) is 0 Å². The van der Waals surface area contributed by atoms with E-state index < -0.39 is 22.8 Å². The van der Waals surface area contributed by atoms with Crippen molar-refractivity contribution in [2.45, 2.75) is 4.90 Å². The smallest absolute Gasteiger partial charge is 0.342 e. The molecule has 0 unspecified atom stereocenters. The summed E-state index contributed by atoms with van der Waals surface area (Å²) < 4.78 is 5.71. The van der Waals surface area contributed by atoms with Gasteiger partial charge in [0.25, 0.3) is 5.56 Å². The van der Waals surface area contributed by atoms with Crippen molar-refractivity contribution in [2.24, 2.45) is 0 Å². The van der Waals surface area contributed by atoms with Gasteiger partial charge in [0, 0.05) is 17.2 Å². The Morgan fingerprint density at radius 1 is 1.40 bits per heavy atom. The summed E-state index contributed by atoms with van der Waals surface area (Å²) in [5.74, 6) is -1.02. The molecular weight excluding hydrogens is 284 g/mol. The highest BCUT2D eigenvalue weighted by atomic mass is 32.1. The highest BCUT2D eigenvalue weighted by Gasteiger charge is 2.16. The zero-order chi connectivity index (χ0) is 14.9. The van der Waals surface area contributed by atoms with Crippen LogP contribution in [-0.2, 0) is 0 Å². The molecule has 1 aromatic heterocycles. The lowest BCUT2D eigenvalue weighted by atomic mass is 10.2. The summed E-state index contributed by atoms with van der Waals surface area (Å²) in [6.07, 6.45) is 0.863. The minimum absolute atomic E-state index is 0.141. The number of thiol groups is 1. The fraction of sp³-hybridized carbons (Fsp3) is 0.0833. The molecule has 0 aliphatic rings. The molecule has 1 aromatic carbocycles. The number of H-pyrrole nitrogens is 1. The summed E-state index contributed by atoms with van der Waals surface area (Å²) in [7, 11) is 1.43. The SMILES string of the molecule is COc1ccc(S)c(-n2c(=O)[nH]cc(C(=O)O)c2=O)c1. The number of hydrogen-bond donors (Lipinski definition) is 3. The lowest BCUT2D eigenvalue weighted by Gasteiger charge is -2.09. The number of aromatic nitrogens is 2. The second kappa shape index (κ2) is 5.25. The monoisotopic (exact) mass is 294 g/mol. The van der Waals surface area contributed by atoms with Gasteiger partial charge in [-0.25, -0.2) is 14.2 Å². The minimum Gasteiger partial charge on any atom is -0.497 e. The summed E-state index contributed by atoms with van der Waals surface area (Å²) in [6, 6.07) is 4.56. The van der Waals surface area contributed by atoms with Crippen LogP contribution in [0.5, 0.6) is 5.75 Å². The van der Waals surface area contributed by atoms with E-state index in [2.05, 4.69) is 17.6 Å². The van der Waals surface area contributed by atoms with E-state index in [1.54, 1.807) is 6.07 Å². The molecule has 0 fully saturated rings. The topological polar surface area (TPSA) is 101 Å². The van der Waals surface area contributed by atoms with Crippen LogP contribution < -0.4 is 16.0 Å². The first-order chi connectivity index (χ1) is 9.45. The predicted octanol–water partition coefficient (Wildman–Crippen LogP) is 0.521. The Hall–Kier alpha value is -2.48. The number of aromatic amines is 1. The molecule has 0 aliphatic carbocycles. The normalized spacial score (nSPS) is 10.3. The molecule has 7 nitrogen and oxygen atoms in total. The molecule has 0 saturated heterocycles. The number of benzene rings is 1. The number of nitrogens with zero attached hydrogens (tertiary/aromatic N) is 1. The number of ether oxygens (including phenoxy) is 1. The standard InChI is InChI=1S/C12H10N2O5S/c1-19-6-2-3-9(20)8(4-6)14-10(15)7(11(16)17)5-13-12(14)18/h2-5,20H,1H3,(H,13,18)(H,16,17). The molecule has 0 spiro atoms. The van der Waals surface area contributed by atoms with Gasteiger partial charge in [-0.2, -0.15) is 0 Å². The van der Waals surface area contributed by atoms with Gasteiger partial charge in [-0.05, 0) is 12.1 Å². The molecule has 0 radical (unpaired) electrons. The molecule has 1 heterocycles. The number of nitrogens with one attached hydrogen (secondary N) is 1. The maximum atomic E-state index is 12.1. The van der Waals surface area contributed by atoms with E-state index in [0.29, 0.717) is 15.2 Å². The van der Waals surface area contributed by atoms with Gasteiger partial charge >= 0.3 is 11.7 Å². The van der Waals surface area contributed by atoms with Gasteiger partial charge in [0.15, 0.2) is 0 Å². The first-order valence-corrected chi connectivity index (χ1v) is 5.86. The Bertz CT molecular complexity index is 793. The lowest BCUT2D eigenvalue weighted by Crippen LogP contribution is -2.37.